The minimum absolute atomic E-state index is 0.0444. The van der Waals surface area contributed by atoms with Crippen LogP contribution in [0.4, 0.5) is 11.5 Å². The first-order chi connectivity index (χ1) is 15.2. The third-order valence-corrected chi connectivity index (χ3v) is 8.40. The molecule has 4 heterocycles. The number of aromatic amines is 1. The molecule has 1 amide bonds. The number of amides is 1. The van der Waals surface area contributed by atoms with Gasteiger partial charge in [-0.15, -0.1) is 11.3 Å². The summed E-state index contributed by atoms with van der Waals surface area (Å²) < 4.78 is 9.96. The number of anilines is 2. The Morgan fingerprint density at radius 2 is 2.29 bits per heavy atom. The average Bonchev–Trinajstić information content (AvgIpc) is 3.14. The number of H-pyrrole nitrogens is 1. The lowest BCUT2D eigenvalue weighted by atomic mass is 9.86. The second-order valence-electron chi connectivity index (χ2n) is 8.34. The van der Waals surface area contributed by atoms with Gasteiger partial charge in [-0.3, -0.25) is 4.79 Å². The molecule has 0 saturated carbocycles. The molecule has 31 heavy (non-hydrogen) atoms. The SMILES string of the molecule is C[C@H]1COCCN1C(=O)[C@H]1CCc2c(sc3ncnc(Nc4ccc5[nH]sc5c4)c23)C1. The summed E-state index contributed by atoms with van der Waals surface area (Å²) in [5, 5.41) is 4.61. The highest BCUT2D eigenvalue weighted by Crippen LogP contribution is 2.41. The van der Waals surface area contributed by atoms with E-state index in [4.69, 9.17) is 4.74 Å². The van der Waals surface area contributed by atoms with Crippen LogP contribution < -0.4 is 5.32 Å². The van der Waals surface area contributed by atoms with Crippen molar-refractivity contribution in [3.05, 3.63) is 35.0 Å². The molecule has 0 unspecified atom stereocenters. The maximum Gasteiger partial charge on any atom is 0.226 e. The maximum absolute atomic E-state index is 13.2. The van der Waals surface area contributed by atoms with Gasteiger partial charge in [0, 0.05) is 23.0 Å². The molecular formula is C22H23N5O2S2. The standard InChI is InChI=1S/C22H23N5O2S2/c1-12-10-29-7-6-27(12)22(28)13-2-4-15-17(8-13)30-21-19(15)20(23-11-24-21)25-14-3-5-16-18(9-14)31-26-16/h3,5,9,11-13,26H,2,4,6-8,10H2,1H3,(H,23,24,25)/t12-,13-/m0/s1. The highest BCUT2D eigenvalue weighted by Gasteiger charge is 2.34. The highest BCUT2D eigenvalue weighted by atomic mass is 32.1. The van der Waals surface area contributed by atoms with Crippen LogP contribution in [0.3, 0.4) is 0 Å². The van der Waals surface area contributed by atoms with Gasteiger partial charge in [-0.2, -0.15) is 0 Å². The Bertz CT molecular complexity index is 1280. The molecule has 2 aliphatic rings. The fourth-order valence-electron chi connectivity index (χ4n) is 4.67. The molecule has 6 rings (SSSR count). The van der Waals surface area contributed by atoms with Gasteiger partial charge in [-0.1, -0.05) is 11.5 Å². The number of fused-ring (bicyclic) bond motifs is 4. The van der Waals surface area contributed by atoms with Crippen molar-refractivity contribution in [3.63, 3.8) is 0 Å². The zero-order chi connectivity index (χ0) is 20.9. The van der Waals surface area contributed by atoms with E-state index >= 15 is 0 Å². The first kappa shape index (κ1) is 19.2. The number of aromatic nitrogens is 3. The molecule has 1 fully saturated rings. The molecule has 0 bridgehead atoms. The van der Waals surface area contributed by atoms with Crippen molar-refractivity contribution in [2.45, 2.75) is 32.2 Å². The molecule has 2 N–H and O–H groups in total. The van der Waals surface area contributed by atoms with Crippen LogP contribution in [0.5, 0.6) is 0 Å². The number of carbonyl (C=O) groups is 1. The largest absolute Gasteiger partial charge is 0.377 e. The number of carbonyl (C=O) groups excluding carboxylic acids is 1. The van der Waals surface area contributed by atoms with Crippen LogP contribution in [0.25, 0.3) is 20.4 Å². The first-order valence-corrected chi connectivity index (χ1v) is 12.3. The Labute approximate surface area is 187 Å². The Morgan fingerprint density at radius 1 is 1.35 bits per heavy atom. The summed E-state index contributed by atoms with van der Waals surface area (Å²) in [5.41, 5.74) is 3.50. The Morgan fingerprint density at radius 3 is 3.10 bits per heavy atom. The Hall–Kier alpha value is -2.49. The molecule has 1 aromatic carbocycles. The summed E-state index contributed by atoms with van der Waals surface area (Å²) in [5.74, 6) is 1.17. The van der Waals surface area contributed by atoms with E-state index in [0.29, 0.717) is 19.8 Å². The molecule has 1 aliphatic heterocycles. The monoisotopic (exact) mass is 453 g/mol. The van der Waals surface area contributed by atoms with Crippen molar-refractivity contribution in [1.82, 2.24) is 19.2 Å². The Balaban J connectivity index is 1.29. The predicted octanol–water partition coefficient (Wildman–Crippen LogP) is 4.33. The zero-order valence-electron chi connectivity index (χ0n) is 17.2. The molecular weight excluding hydrogens is 430 g/mol. The lowest BCUT2D eigenvalue weighted by Crippen LogP contribution is -2.50. The number of nitrogens with one attached hydrogen (secondary N) is 2. The van der Waals surface area contributed by atoms with Crippen molar-refractivity contribution in [2.24, 2.45) is 5.92 Å². The highest BCUT2D eigenvalue weighted by molar-refractivity contribution is 7.19. The lowest BCUT2D eigenvalue weighted by molar-refractivity contribution is -0.143. The lowest BCUT2D eigenvalue weighted by Gasteiger charge is -2.36. The topological polar surface area (TPSA) is 83.1 Å². The predicted molar refractivity (Wildman–Crippen MR) is 124 cm³/mol. The Kier molecular flexibility index (Phi) is 4.70. The second kappa shape index (κ2) is 7.58. The van der Waals surface area contributed by atoms with Gasteiger partial charge in [-0.25, -0.2) is 9.97 Å². The van der Waals surface area contributed by atoms with Crippen LogP contribution in [0.15, 0.2) is 24.5 Å². The van der Waals surface area contributed by atoms with E-state index in [1.54, 1.807) is 29.2 Å². The molecule has 7 nitrogen and oxygen atoms in total. The van der Waals surface area contributed by atoms with Crippen molar-refractivity contribution >= 4 is 60.7 Å². The van der Waals surface area contributed by atoms with Crippen LogP contribution in [-0.2, 0) is 22.4 Å². The van der Waals surface area contributed by atoms with E-state index in [1.165, 1.54) is 20.7 Å². The average molecular weight is 454 g/mol. The summed E-state index contributed by atoms with van der Waals surface area (Å²) in [6, 6.07) is 6.44. The van der Waals surface area contributed by atoms with Crippen LogP contribution in [0, 0.1) is 5.92 Å². The van der Waals surface area contributed by atoms with E-state index < -0.39 is 0 Å². The minimum atomic E-state index is 0.0444. The molecule has 0 spiro atoms. The number of ether oxygens (including phenoxy) is 1. The molecule has 1 saturated heterocycles. The van der Waals surface area contributed by atoms with Gasteiger partial charge in [-0.05, 0) is 49.9 Å². The number of rotatable bonds is 3. The number of hydrogen-bond donors (Lipinski definition) is 2. The molecule has 1 aliphatic carbocycles. The first-order valence-electron chi connectivity index (χ1n) is 10.6. The fraction of sp³-hybridized carbons (Fsp3) is 0.409. The maximum atomic E-state index is 13.2. The summed E-state index contributed by atoms with van der Waals surface area (Å²) in [6.45, 7) is 4.04. The third kappa shape index (κ3) is 3.31. The van der Waals surface area contributed by atoms with E-state index in [9.17, 15) is 4.79 Å². The number of hydrogen-bond acceptors (Lipinski definition) is 7. The molecule has 4 aromatic rings. The fourth-order valence-corrected chi connectivity index (χ4v) is 6.60. The minimum Gasteiger partial charge on any atom is -0.377 e. The van der Waals surface area contributed by atoms with Crippen LogP contribution in [-0.4, -0.2) is 50.9 Å². The van der Waals surface area contributed by atoms with Crippen LogP contribution >= 0.6 is 22.9 Å². The van der Waals surface area contributed by atoms with E-state index in [2.05, 4.69) is 44.8 Å². The van der Waals surface area contributed by atoms with Crippen molar-refractivity contribution in [2.75, 3.05) is 25.1 Å². The molecule has 2 atom stereocenters. The molecule has 3 aromatic heterocycles. The van der Waals surface area contributed by atoms with Crippen molar-refractivity contribution in [3.8, 4) is 0 Å². The van der Waals surface area contributed by atoms with Gasteiger partial charge in [0.1, 0.15) is 17.0 Å². The van der Waals surface area contributed by atoms with Gasteiger partial charge in [0.2, 0.25) is 5.91 Å². The number of thiophene rings is 1. The summed E-state index contributed by atoms with van der Waals surface area (Å²) >= 11 is 3.34. The van der Waals surface area contributed by atoms with Crippen LogP contribution in [0.1, 0.15) is 23.8 Å². The number of benzene rings is 1. The van der Waals surface area contributed by atoms with Gasteiger partial charge in [0.05, 0.1) is 34.9 Å². The third-order valence-electron chi connectivity index (χ3n) is 6.36. The van der Waals surface area contributed by atoms with Gasteiger partial charge >= 0.3 is 0 Å². The summed E-state index contributed by atoms with van der Waals surface area (Å²) in [7, 11) is 0. The van der Waals surface area contributed by atoms with Gasteiger partial charge < -0.3 is 19.3 Å². The normalized spacial score (nSPS) is 21.5. The number of aryl methyl sites for hydroxylation is 1. The number of nitrogens with zero attached hydrogens (tertiary/aromatic N) is 3. The summed E-state index contributed by atoms with van der Waals surface area (Å²) in [4.78, 5) is 26.6. The smallest absolute Gasteiger partial charge is 0.226 e. The molecule has 160 valence electrons. The zero-order valence-corrected chi connectivity index (χ0v) is 18.8. The summed E-state index contributed by atoms with van der Waals surface area (Å²) in [6.07, 6.45) is 4.18. The van der Waals surface area contributed by atoms with E-state index in [0.717, 1.165) is 41.0 Å². The van der Waals surface area contributed by atoms with E-state index in [-0.39, 0.29) is 17.9 Å². The van der Waals surface area contributed by atoms with Gasteiger partial charge in [0.15, 0.2) is 0 Å². The van der Waals surface area contributed by atoms with Gasteiger partial charge in [0.25, 0.3) is 0 Å². The van der Waals surface area contributed by atoms with Crippen molar-refractivity contribution in [1.29, 1.82) is 0 Å². The quantitative estimate of drug-likeness (QED) is 0.482. The molecule has 9 heteroatoms. The van der Waals surface area contributed by atoms with Crippen LogP contribution in [0.2, 0.25) is 0 Å². The second-order valence-corrected chi connectivity index (χ2v) is 10.3. The van der Waals surface area contributed by atoms with Crippen molar-refractivity contribution < 1.29 is 9.53 Å². The van der Waals surface area contributed by atoms with E-state index in [1.807, 2.05) is 4.90 Å². The number of morpholine rings is 1. The molecule has 0 radical (unpaired) electrons.